The lowest BCUT2D eigenvalue weighted by Gasteiger charge is -2.21. The van der Waals surface area contributed by atoms with Gasteiger partial charge in [0.05, 0.1) is 6.07 Å². The van der Waals surface area contributed by atoms with Crippen LogP contribution in [0.5, 0.6) is 0 Å². The number of thioether (sulfide) groups is 1. The third kappa shape index (κ3) is 2.89. The lowest BCUT2D eigenvalue weighted by atomic mass is 10.0. The van der Waals surface area contributed by atoms with E-state index in [1.54, 1.807) is 36.0 Å². The Kier molecular flexibility index (Phi) is 3.77. The minimum absolute atomic E-state index is 0.227. The number of nitrogens with one attached hydrogen (secondary N) is 1. The van der Waals surface area contributed by atoms with Gasteiger partial charge in [0.15, 0.2) is 5.82 Å². The standard InChI is InChI=1S/C17H16N4O2S/c18-9-17(7-8-24-10-17)20-15(22)12-3-5-13(6-4-12)16-19-14(21-23-16)11-1-2-11/h3-6,11H,1-2,7-8,10H2,(H,20,22)/t17-/m1/s1. The average molecular weight is 340 g/mol. The summed E-state index contributed by atoms with van der Waals surface area (Å²) < 4.78 is 5.29. The van der Waals surface area contributed by atoms with Crippen LogP contribution in [0.15, 0.2) is 28.8 Å². The molecule has 122 valence electrons. The van der Waals surface area contributed by atoms with Crippen LogP contribution in [-0.4, -0.2) is 33.1 Å². The minimum Gasteiger partial charge on any atom is -0.334 e. The third-order valence-electron chi connectivity index (χ3n) is 4.37. The fraction of sp³-hybridized carbons (Fsp3) is 0.412. The zero-order valence-electron chi connectivity index (χ0n) is 13.0. The van der Waals surface area contributed by atoms with Gasteiger partial charge >= 0.3 is 0 Å². The Morgan fingerprint density at radius 3 is 2.79 bits per heavy atom. The molecule has 0 unspecified atom stereocenters. The van der Waals surface area contributed by atoms with Gasteiger partial charge in [-0.05, 0) is 49.3 Å². The van der Waals surface area contributed by atoms with E-state index >= 15 is 0 Å². The number of carbonyl (C=O) groups excluding carboxylic acids is 1. The number of nitriles is 1. The Bertz CT molecular complexity index is 799. The van der Waals surface area contributed by atoms with E-state index in [2.05, 4.69) is 21.5 Å². The number of aromatic nitrogens is 2. The van der Waals surface area contributed by atoms with Crippen molar-refractivity contribution in [1.29, 1.82) is 5.26 Å². The first-order valence-electron chi connectivity index (χ1n) is 7.95. The first-order chi connectivity index (χ1) is 11.7. The Morgan fingerprint density at radius 2 is 2.17 bits per heavy atom. The fourth-order valence-electron chi connectivity index (χ4n) is 2.69. The van der Waals surface area contributed by atoms with Gasteiger partial charge in [-0.3, -0.25) is 4.79 Å². The average Bonchev–Trinajstić information content (AvgIpc) is 3.16. The monoisotopic (exact) mass is 340 g/mol. The van der Waals surface area contributed by atoms with E-state index in [1.807, 2.05) is 0 Å². The van der Waals surface area contributed by atoms with Crippen LogP contribution in [0.2, 0.25) is 0 Å². The highest BCUT2D eigenvalue weighted by atomic mass is 32.2. The van der Waals surface area contributed by atoms with Gasteiger partial charge in [0.2, 0.25) is 0 Å². The van der Waals surface area contributed by atoms with Crippen LogP contribution in [0.3, 0.4) is 0 Å². The molecule has 4 rings (SSSR count). The van der Waals surface area contributed by atoms with Crippen molar-refractivity contribution < 1.29 is 9.32 Å². The predicted octanol–water partition coefficient (Wildman–Crippen LogP) is 2.74. The number of benzene rings is 1. The van der Waals surface area contributed by atoms with E-state index in [-0.39, 0.29) is 5.91 Å². The van der Waals surface area contributed by atoms with Crippen molar-refractivity contribution in [3.63, 3.8) is 0 Å². The van der Waals surface area contributed by atoms with Gasteiger partial charge in [-0.15, -0.1) is 0 Å². The molecule has 1 aromatic carbocycles. The number of amides is 1. The molecule has 0 bridgehead atoms. The molecule has 1 atom stereocenters. The molecule has 0 spiro atoms. The summed E-state index contributed by atoms with van der Waals surface area (Å²) in [6.45, 7) is 0. The van der Waals surface area contributed by atoms with Gasteiger partial charge < -0.3 is 9.84 Å². The molecule has 6 nitrogen and oxygen atoms in total. The molecule has 1 aromatic heterocycles. The Balaban J connectivity index is 1.48. The van der Waals surface area contributed by atoms with E-state index in [9.17, 15) is 10.1 Å². The SMILES string of the molecule is N#C[C@]1(NC(=O)c2ccc(-c3nc(C4CC4)no3)cc2)CCSC1. The van der Waals surface area contributed by atoms with Gasteiger partial charge in [0.25, 0.3) is 11.8 Å². The molecule has 2 fully saturated rings. The van der Waals surface area contributed by atoms with Crippen molar-refractivity contribution in [1.82, 2.24) is 15.5 Å². The van der Waals surface area contributed by atoms with Crippen molar-refractivity contribution in [2.45, 2.75) is 30.7 Å². The van der Waals surface area contributed by atoms with Crippen LogP contribution in [0.25, 0.3) is 11.5 Å². The van der Waals surface area contributed by atoms with Crippen molar-refractivity contribution in [2.24, 2.45) is 0 Å². The number of rotatable bonds is 4. The van der Waals surface area contributed by atoms with Crippen LogP contribution in [0, 0.1) is 11.3 Å². The Hall–Kier alpha value is -2.33. The number of hydrogen-bond donors (Lipinski definition) is 1. The molecule has 2 heterocycles. The normalized spacial score (nSPS) is 23.0. The zero-order valence-corrected chi connectivity index (χ0v) is 13.8. The first kappa shape index (κ1) is 15.2. The first-order valence-corrected chi connectivity index (χ1v) is 9.10. The molecule has 7 heteroatoms. The van der Waals surface area contributed by atoms with E-state index in [0.717, 1.165) is 30.0 Å². The lowest BCUT2D eigenvalue weighted by molar-refractivity contribution is 0.0926. The summed E-state index contributed by atoms with van der Waals surface area (Å²) in [6.07, 6.45) is 2.93. The highest BCUT2D eigenvalue weighted by molar-refractivity contribution is 7.99. The van der Waals surface area contributed by atoms with Crippen molar-refractivity contribution in [2.75, 3.05) is 11.5 Å². The topological polar surface area (TPSA) is 91.8 Å². The molecule has 24 heavy (non-hydrogen) atoms. The minimum atomic E-state index is -0.744. The third-order valence-corrected chi connectivity index (χ3v) is 5.56. The predicted molar refractivity (Wildman–Crippen MR) is 89.5 cm³/mol. The smallest absolute Gasteiger partial charge is 0.257 e. The van der Waals surface area contributed by atoms with Crippen molar-refractivity contribution >= 4 is 17.7 Å². The summed E-state index contributed by atoms with van der Waals surface area (Å²) in [5, 5.41) is 16.2. The zero-order chi connectivity index (χ0) is 16.6. The summed E-state index contributed by atoms with van der Waals surface area (Å²) >= 11 is 1.69. The quantitative estimate of drug-likeness (QED) is 0.920. The van der Waals surface area contributed by atoms with Crippen molar-refractivity contribution in [3.05, 3.63) is 35.7 Å². The molecular weight excluding hydrogens is 324 g/mol. The maximum atomic E-state index is 12.4. The molecule has 1 aliphatic carbocycles. The molecule has 0 radical (unpaired) electrons. The van der Waals surface area contributed by atoms with Gasteiger partial charge in [0, 0.05) is 22.8 Å². The Labute approximate surface area is 143 Å². The summed E-state index contributed by atoms with van der Waals surface area (Å²) in [5.41, 5.74) is 0.566. The van der Waals surface area contributed by atoms with Crippen molar-refractivity contribution in [3.8, 4) is 17.5 Å². The molecule has 1 saturated heterocycles. The van der Waals surface area contributed by atoms with Crippen LogP contribution in [0.1, 0.15) is 41.4 Å². The second-order valence-corrected chi connectivity index (χ2v) is 7.37. The highest BCUT2D eigenvalue weighted by Crippen LogP contribution is 2.38. The van der Waals surface area contributed by atoms with E-state index in [4.69, 9.17) is 4.52 Å². The molecule has 1 amide bonds. The van der Waals surface area contributed by atoms with Gasteiger partial charge in [-0.25, -0.2) is 0 Å². The molecule has 2 aromatic rings. The van der Waals surface area contributed by atoms with E-state index < -0.39 is 5.54 Å². The molecule has 1 saturated carbocycles. The maximum Gasteiger partial charge on any atom is 0.257 e. The van der Waals surface area contributed by atoms with E-state index in [1.165, 1.54) is 0 Å². The number of carbonyl (C=O) groups is 1. The summed E-state index contributed by atoms with van der Waals surface area (Å²) in [4.78, 5) is 16.8. The molecule has 1 aliphatic heterocycles. The Morgan fingerprint density at radius 1 is 1.38 bits per heavy atom. The number of hydrogen-bond acceptors (Lipinski definition) is 6. The second kappa shape index (κ2) is 5.95. The highest BCUT2D eigenvalue weighted by Gasteiger charge is 2.36. The van der Waals surface area contributed by atoms with Crippen LogP contribution < -0.4 is 5.32 Å². The molecular formula is C17H16N4O2S. The van der Waals surface area contributed by atoms with Gasteiger partial charge in [0.1, 0.15) is 5.54 Å². The fourth-order valence-corrected chi connectivity index (χ4v) is 3.96. The number of nitrogens with zero attached hydrogens (tertiary/aromatic N) is 3. The van der Waals surface area contributed by atoms with Gasteiger partial charge in [-0.2, -0.15) is 22.0 Å². The summed E-state index contributed by atoms with van der Waals surface area (Å²) in [7, 11) is 0. The molecule has 2 aliphatic rings. The van der Waals surface area contributed by atoms with Crippen LogP contribution in [0.4, 0.5) is 0 Å². The largest absolute Gasteiger partial charge is 0.334 e. The van der Waals surface area contributed by atoms with Crippen LogP contribution >= 0.6 is 11.8 Å². The lowest BCUT2D eigenvalue weighted by Crippen LogP contribution is -2.47. The molecule has 1 N–H and O–H groups in total. The summed E-state index contributed by atoms with van der Waals surface area (Å²) in [5.74, 6) is 2.99. The maximum absolute atomic E-state index is 12.4. The van der Waals surface area contributed by atoms with E-state index in [0.29, 0.717) is 29.5 Å². The van der Waals surface area contributed by atoms with Crippen LogP contribution in [-0.2, 0) is 0 Å². The second-order valence-electron chi connectivity index (χ2n) is 6.26. The van der Waals surface area contributed by atoms with Gasteiger partial charge in [-0.1, -0.05) is 5.16 Å². The summed E-state index contributed by atoms with van der Waals surface area (Å²) in [6, 6.07) is 9.28.